The second-order valence-electron chi connectivity index (χ2n) is 7.37. The van der Waals surface area contributed by atoms with Gasteiger partial charge < -0.3 is 15.3 Å². The lowest BCUT2D eigenvalue weighted by Crippen LogP contribution is -2.37. The first-order chi connectivity index (χ1) is 12.5. The van der Waals surface area contributed by atoms with Crippen LogP contribution in [-0.2, 0) is 16.6 Å². The number of benzene rings is 2. The number of anilines is 1. The van der Waals surface area contributed by atoms with E-state index < -0.39 is 11.5 Å². The van der Waals surface area contributed by atoms with Crippen molar-refractivity contribution in [2.75, 3.05) is 25.0 Å². The SMILES string of the molecule is CN1CCc2cc(C(O)CNC(=O)C3(c4ccc(F)cc4)CC3)ccc21. The summed E-state index contributed by atoms with van der Waals surface area (Å²) in [5.41, 5.74) is 3.55. The summed E-state index contributed by atoms with van der Waals surface area (Å²) in [5.74, 6) is -0.397. The van der Waals surface area contributed by atoms with E-state index in [4.69, 9.17) is 0 Å². The monoisotopic (exact) mass is 354 g/mol. The largest absolute Gasteiger partial charge is 0.387 e. The van der Waals surface area contributed by atoms with Gasteiger partial charge in [0.1, 0.15) is 5.82 Å². The highest BCUT2D eigenvalue weighted by Gasteiger charge is 2.51. The molecule has 2 N–H and O–H groups in total. The van der Waals surface area contributed by atoms with Crippen LogP contribution in [0.4, 0.5) is 10.1 Å². The number of hydrogen-bond acceptors (Lipinski definition) is 3. The van der Waals surface area contributed by atoms with Gasteiger partial charge in [0.25, 0.3) is 0 Å². The molecular weight excluding hydrogens is 331 g/mol. The van der Waals surface area contributed by atoms with Crippen molar-refractivity contribution in [3.05, 3.63) is 65.0 Å². The van der Waals surface area contributed by atoms with Crippen LogP contribution in [0.1, 0.15) is 35.6 Å². The second kappa shape index (κ2) is 6.40. The van der Waals surface area contributed by atoms with Gasteiger partial charge in [-0.1, -0.05) is 24.3 Å². The Labute approximate surface area is 152 Å². The van der Waals surface area contributed by atoms with Crippen LogP contribution in [0.2, 0.25) is 0 Å². The molecule has 4 nitrogen and oxygen atoms in total. The molecule has 2 aliphatic rings. The summed E-state index contributed by atoms with van der Waals surface area (Å²) in [6.45, 7) is 1.17. The van der Waals surface area contributed by atoms with Crippen LogP contribution in [0.5, 0.6) is 0 Å². The lowest BCUT2D eigenvalue weighted by molar-refractivity contribution is -0.124. The molecule has 2 aromatic rings. The Bertz CT molecular complexity index is 830. The Kier molecular flexibility index (Phi) is 4.19. The number of aliphatic hydroxyl groups is 1. The third-order valence-corrected chi connectivity index (χ3v) is 5.65. The number of nitrogens with one attached hydrogen (secondary N) is 1. The van der Waals surface area contributed by atoms with Crippen molar-refractivity contribution in [1.82, 2.24) is 5.32 Å². The lowest BCUT2D eigenvalue weighted by Gasteiger charge is -2.19. The van der Waals surface area contributed by atoms with Crippen molar-refractivity contribution >= 4 is 11.6 Å². The molecule has 1 aliphatic carbocycles. The summed E-state index contributed by atoms with van der Waals surface area (Å²) >= 11 is 0. The first-order valence-electron chi connectivity index (χ1n) is 9.06. The number of fused-ring (bicyclic) bond motifs is 1. The van der Waals surface area contributed by atoms with Gasteiger partial charge in [0.2, 0.25) is 5.91 Å². The Hall–Kier alpha value is -2.40. The Morgan fingerprint density at radius 2 is 2.00 bits per heavy atom. The van der Waals surface area contributed by atoms with Gasteiger partial charge >= 0.3 is 0 Å². The van der Waals surface area contributed by atoms with Gasteiger partial charge in [-0.05, 0) is 54.2 Å². The molecule has 1 unspecified atom stereocenters. The van der Waals surface area contributed by atoms with Crippen molar-refractivity contribution in [3.63, 3.8) is 0 Å². The van der Waals surface area contributed by atoms with E-state index in [1.54, 1.807) is 12.1 Å². The summed E-state index contributed by atoms with van der Waals surface area (Å²) in [6, 6.07) is 12.1. The minimum absolute atomic E-state index is 0.0935. The van der Waals surface area contributed by atoms with Gasteiger partial charge in [0, 0.05) is 25.8 Å². The Morgan fingerprint density at radius 3 is 2.69 bits per heavy atom. The molecule has 2 aromatic carbocycles. The maximum absolute atomic E-state index is 13.1. The number of amides is 1. The van der Waals surface area contributed by atoms with Gasteiger partial charge in [0.15, 0.2) is 0 Å². The van der Waals surface area contributed by atoms with Gasteiger partial charge in [-0.25, -0.2) is 4.39 Å². The maximum atomic E-state index is 13.1. The molecule has 0 radical (unpaired) electrons. The topological polar surface area (TPSA) is 52.6 Å². The molecule has 0 aromatic heterocycles. The number of rotatable bonds is 5. The molecule has 136 valence electrons. The molecule has 0 saturated heterocycles. The zero-order valence-corrected chi connectivity index (χ0v) is 14.8. The number of halogens is 1. The second-order valence-corrected chi connectivity index (χ2v) is 7.37. The minimum Gasteiger partial charge on any atom is -0.387 e. The third kappa shape index (κ3) is 2.97. The number of aliphatic hydroxyl groups excluding tert-OH is 1. The van der Waals surface area contributed by atoms with E-state index in [2.05, 4.69) is 17.3 Å². The van der Waals surface area contributed by atoms with E-state index in [0.717, 1.165) is 36.9 Å². The standard InChI is InChI=1S/C21H23FN2O2/c1-24-11-8-14-12-15(2-7-18(14)24)19(25)13-23-20(26)21(9-10-21)16-3-5-17(22)6-4-16/h2-7,12,19,25H,8-11,13H2,1H3,(H,23,26). The molecule has 0 spiro atoms. The summed E-state index contributed by atoms with van der Waals surface area (Å²) in [6.07, 6.45) is 1.75. The molecule has 5 heteroatoms. The number of carbonyl (C=O) groups excluding carboxylic acids is 1. The summed E-state index contributed by atoms with van der Waals surface area (Å²) < 4.78 is 13.1. The van der Waals surface area contributed by atoms with E-state index in [9.17, 15) is 14.3 Å². The van der Waals surface area contributed by atoms with Crippen LogP contribution in [0.25, 0.3) is 0 Å². The molecular formula is C21H23FN2O2. The minimum atomic E-state index is -0.737. The highest BCUT2D eigenvalue weighted by molar-refractivity contribution is 5.91. The van der Waals surface area contributed by atoms with Crippen molar-refractivity contribution in [2.24, 2.45) is 0 Å². The number of likely N-dealkylation sites (N-methyl/N-ethyl adjacent to an activating group) is 1. The quantitative estimate of drug-likeness (QED) is 0.868. The normalized spacial score (nSPS) is 18.3. The summed E-state index contributed by atoms with van der Waals surface area (Å²) in [4.78, 5) is 14.9. The average Bonchev–Trinajstić information content (AvgIpc) is 3.38. The maximum Gasteiger partial charge on any atom is 0.230 e. The zero-order chi connectivity index (χ0) is 18.3. The van der Waals surface area contributed by atoms with Crippen molar-refractivity contribution in [2.45, 2.75) is 30.8 Å². The number of hydrogen-bond donors (Lipinski definition) is 2. The van der Waals surface area contributed by atoms with Crippen molar-refractivity contribution in [1.29, 1.82) is 0 Å². The third-order valence-electron chi connectivity index (χ3n) is 5.65. The van der Waals surface area contributed by atoms with Gasteiger partial charge in [-0.15, -0.1) is 0 Å². The predicted molar refractivity (Wildman–Crippen MR) is 98.7 cm³/mol. The molecule has 1 saturated carbocycles. The van der Waals surface area contributed by atoms with Crippen molar-refractivity contribution < 1.29 is 14.3 Å². The fourth-order valence-corrected chi connectivity index (χ4v) is 3.81. The number of nitrogens with zero attached hydrogens (tertiary/aromatic N) is 1. The van der Waals surface area contributed by atoms with Gasteiger partial charge in [-0.2, -0.15) is 0 Å². The Morgan fingerprint density at radius 1 is 1.27 bits per heavy atom. The predicted octanol–water partition coefficient (Wildman–Crippen LogP) is 2.70. The fourth-order valence-electron chi connectivity index (χ4n) is 3.81. The summed E-state index contributed by atoms with van der Waals surface area (Å²) in [7, 11) is 2.06. The van der Waals surface area contributed by atoms with E-state index in [-0.39, 0.29) is 18.3 Å². The molecule has 1 heterocycles. The van der Waals surface area contributed by atoms with Gasteiger partial charge in [-0.3, -0.25) is 4.79 Å². The first kappa shape index (κ1) is 17.0. The smallest absolute Gasteiger partial charge is 0.230 e. The van der Waals surface area contributed by atoms with Crippen LogP contribution in [0.15, 0.2) is 42.5 Å². The van der Waals surface area contributed by atoms with Crippen LogP contribution in [0, 0.1) is 5.82 Å². The molecule has 1 amide bonds. The Balaban J connectivity index is 1.41. The van der Waals surface area contributed by atoms with E-state index in [1.165, 1.54) is 23.4 Å². The van der Waals surface area contributed by atoms with Gasteiger partial charge in [0.05, 0.1) is 11.5 Å². The molecule has 0 bridgehead atoms. The first-order valence-corrected chi connectivity index (χ1v) is 9.06. The molecule has 1 aliphatic heterocycles. The van der Waals surface area contributed by atoms with E-state index in [0.29, 0.717) is 0 Å². The van der Waals surface area contributed by atoms with E-state index >= 15 is 0 Å². The van der Waals surface area contributed by atoms with Crippen LogP contribution in [0.3, 0.4) is 0 Å². The zero-order valence-electron chi connectivity index (χ0n) is 14.8. The number of carbonyl (C=O) groups is 1. The summed E-state index contributed by atoms with van der Waals surface area (Å²) in [5, 5.41) is 13.4. The molecule has 4 rings (SSSR count). The van der Waals surface area contributed by atoms with Crippen LogP contribution < -0.4 is 10.2 Å². The highest BCUT2D eigenvalue weighted by Crippen LogP contribution is 2.48. The molecule has 1 fully saturated rings. The molecule has 26 heavy (non-hydrogen) atoms. The lowest BCUT2D eigenvalue weighted by atomic mass is 9.94. The van der Waals surface area contributed by atoms with Crippen molar-refractivity contribution in [3.8, 4) is 0 Å². The van der Waals surface area contributed by atoms with E-state index in [1.807, 2.05) is 18.2 Å². The fraction of sp³-hybridized carbons (Fsp3) is 0.381. The van der Waals surface area contributed by atoms with Crippen LogP contribution >= 0.6 is 0 Å². The molecule has 1 atom stereocenters. The average molecular weight is 354 g/mol. The highest BCUT2D eigenvalue weighted by atomic mass is 19.1. The van der Waals surface area contributed by atoms with Crippen LogP contribution in [-0.4, -0.2) is 31.2 Å².